The monoisotopic (exact) mass is 303 g/mol. The minimum atomic E-state index is 0.0921. The molecule has 0 bridgehead atoms. The van der Waals surface area contributed by atoms with E-state index in [2.05, 4.69) is 22.0 Å². The molecule has 22 heavy (non-hydrogen) atoms. The summed E-state index contributed by atoms with van der Waals surface area (Å²) in [6.45, 7) is 8.44. The summed E-state index contributed by atoms with van der Waals surface area (Å²) >= 11 is 0. The van der Waals surface area contributed by atoms with Gasteiger partial charge in [-0.25, -0.2) is 0 Å². The summed E-state index contributed by atoms with van der Waals surface area (Å²) in [5, 5.41) is 2.91. The number of carbonyl (C=O) groups is 2. The van der Waals surface area contributed by atoms with Gasteiger partial charge in [-0.15, -0.1) is 0 Å². The van der Waals surface area contributed by atoms with Gasteiger partial charge < -0.3 is 10.2 Å². The highest BCUT2D eigenvalue weighted by Gasteiger charge is 2.19. The SMILES string of the molecule is CCCNC(=O)CN1CCN(c2ccc(C(C)=O)cc2)CC1. The molecule has 1 saturated heterocycles. The van der Waals surface area contributed by atoms with Gasteiger partial charge in [0.05, 0.1) is 6.54 Å². The average molecular weight is 303 g/mol. The number of anilines is 1. The summed E-state index contributed by atoms with van der Waals surface area (Å²) in [5.41, 5.74) is 1.88. The van der Waals surface area contributed by atoms with Crippen molar-refractivity contribution in [2.24, 2.45) is 0 Å². The molecule has 1 heterocycles. The van der Waals surface area contributed by atoms with Crippen LogP contribution < -0.4 is 10.2 Å². The number of Topliss-reactive ketones (excluding diaryl/α,β-unsaturated/α-hetero) is 1. The molecule has 1 N–H and O–H groups in total. The normalized spacial score (nSPS) is 15.6. The summed E-state index contributed by atoms with van der Waals surface area (Å²) in [6, 6.07) is 7.76. The molecular weight excluding hydrogens is 278 g/mol. The second-order valence-electron chi connectivity index (χ2n) is 5.72. The molecule has 0 radical (unpaired) electrons. The number of hydrogen-bond acceptors (Lipinski definition) is 4. The highest BCUT2D eigenvalue weighted by Crippen LogP contribution is 2.17. The van der Waals surface area contributed by atoms with Crippen LogP contribution in [0.1, 0.15) is 30.6 Å². The van der Waals surface area contributed by atoms with Gasteiger partial charge in [-0.2, -0.15) is 0 Å². The Morgan fingerprint density at radius 2 is 1.73 bits per heavy atom. The van der Waals surface area contributed by atoms with Crippen molar-refractivity contribution >= 4 is 17.4 Å². The lowest BCUT2D eigenvalue weighted by Gasteiger charge is -2.35. The molecule has 2 rings (SSSR count). The van der Waals surface area contributed by atoms with Crippen LogP contribution in [-0.4, -0.2) is 55.9 Å². The molecule has 0 spiro atoms. The Morgan fingerprint density at radius 3 is 2.27 bits per heavy atom. The summed E-state index contributed by atoms with van der Waals surface area (Å²) in [7, 11) is 0. The number of benzene rings is 1. The van der Waals surface area contributed by atoms with E-state index in [-0.39, 0.29) is 11.7 Å². The van der Waals surface area contributed by atoms with Crippen molar-refractivity contribution in [1.82, 2.24) is 10.2 Å². The van der Waals surface area contributed by atoms with E-state index in [0.717, 1.165) is 50.4 Å². The molecule has 0 atom stereocenters. The standard InChI is InChI=1S/C17H25N3O2/c1-3-8-18-17(22)13-19-9-11-20(12-10-19)16-6-4-15(5-7-16)14(2)21/h4-7H,3,8-13H2,1-2H3,(H,18,22). The Morgan fingerprint density at radius 1 is 1.09 bits per heavy atom. The quantitative estimate of drug-likeness (QED) is 0.810. The maximum Gasteiger partial charge on any atom is 0.234 e. The minimum Gasteiger partial charge on any atom is -0.369 e. The Labute approximate surface area is 132 Å². The van der Waals surface area contributed by atoms with Gasteiger partial charge in [0, 0.05) is 44.0 Å². The lowest BCUT2D eigenvalue weighted by atomic mass is 10.1. The predicted molar refractivity (Wildman–Crippen MR) is 88.4 cm³/mol. The van der Waals surface area contributed by atoms with Gasteiger partial charge in [0.15, 0.2) is 5.78 Å². The van der Waals surface area contributed by atoms with E-state index < -0.39 is 0 Å². The van der Waals surface area contributed by atoms with Crippen LogP contribution in [0.15, 0.2) is 24.3 Å². The summed E-state index contributed by atoms with van der Waals surface area (Å²) in [5.74, 6) is 0.204. The van der Waals surface area contributed by atoms with Gasteiger partial charge >= 0.3 is 0 Å². The molecule has 1 aromatic rings. The highest BCUT2D eigenvalue weighted by atomic mass is 16.2. The van der Waals surface area contributed by atoms with Crippen LogP contribution >= 0.6 is 0 Å². The maximum absolute atomic E-state index is 11.7. The second kappa shape index (κ2) is 7.94. The average Bonchev–Trinajstić information content (AvgIpc) is 2.54. The molecular formula is C17H25N3O2. The third-order valence-corrected chi connectivity index (χ3v) is 3.95. The topological polar surface area (TPSA) is 52.7 Å². The predicted octanol–water partition coefficient (Wildman–Crippen LogP) is 1.54. The molecule has 0 aromatic heterocycles. The van der Waals surface area contributed by atoms with Gasteiger partial charge in [0.2, 0.25) is 5.91 Å². The minimum absolute atomic E-state index is 0.0921. The largest absolute Gasteiger partial charge is 0.369 e. The fourth-order valence-electron chi connectivity index (χ4n) is 2.59. The number of piperazine rings is 1. The van der Waals surface area contributed by atoms with Crippen LogP contribution in [0.25, 0.3) is 0 Å². The van der Waals surface area contributed by atoms with Crippen LogP contribution in [0.4, 0.5) is 5.69 Å². The molecule has 5 nitrogen and oxygen atoms in total. The first-order valence-corrected chi connectivity index (χ1v) is 7.95. The van der Waals surface area contributed by atoms with Gasteiger partial charge in [-0.3, -0.25) is 14.5 Å². The number of amides is 1. The van der Waals surface area contributed by atoms with Crippen molar-refractivity contribution in [2.45, 2.75) is 20.3 Å². The first-order valence-electron chi connectivity index (χ1n) is 7.95. The van der Waals surface area contributed by atoms with Crippen molar-refractivity contribution in [3.8, 4) is 0 Å². The van der Waals surface area contributed by atoms with E-state index in [1.165, 1.54) is 0 Å². The molecule has 1 aromatic carbocycles. The smallest absolute Gasteiger partial charge is 0.234 e. The molecule has 0 aliphatic carbocycles. The fraction of sp³-hybridized carbons (Fsp3) is 0.529. The van der Waals surface area contributed by atoms with E-state index in [9.17, 15) is 9.59 Å². The van der Waals surface area contributed by atoms with E-state index in [4.69, 9.17) is 0 Å². The molecule has 1 aliphatic rings. The van der Waals surface area contributed by atoms with E-state index in [1.807, 2.05) is 24.3 Å². The first-order chi connectivity index (χ1) is 10.6. The third-order valence-electron chi connectivity index (χ3n) is 3.95. The van der Waals surface area contributed by atoms with E-state index in [0.29, 0.717) is 6.54 Å². The van der Waals surface area contributed by atoms with Crippen molar-refractivity contribution in [2.75, 3.05) is 44.2 Å². The summed E-state index contributed by atoms with van der Waals surface area (Å²) < 4.78 is 0. The summed E-state index contributed by atoms with van der Waals surface area (Å²) in [4.78, 5) is 27.5. The highest BCUT2D eigenvalue weighted by molar-refractivity contribution is 5.94. The molecule has 5 heteroatoms. The zero-order chi connectivity index (χ0) is 15.9. The van der Waals surface area contributed by atoms with Crippen LogP contribution in [0, 0.1) is 0 Å². The van der Waals surface area contributed by atoms with Gasteiger partial charge in [-0.1, -0.05) is 6.92 Å². The maximum atomic E-state index is 11.7. The van der Waals surface area contributed by atoms with Crippen LogP contribution in [0.5, 0.6) is 0 Å². The molecule has 1 amide bonds. The number of hydrogen-bond donors (Lipinski definition) is 1. The van der Waals surface area contributed by atoms with Crippen LogP contribution in [-0.2, 0) is 4.79 Å². The molecule has 0 unspecified atom stereocenters. The Kier molecular flexibility index (Phi) is 5.95. The zero-order valence-electron chi connectivity index (χ0n) is 13.5. The van der Waals surface area contributed by atoms with Crippen molar-refractivity contribution in [3.63, 3.8) is 0 Å². The van der Waals surface area contributed by atoms with E-state index >= 15 is 0 Å². The number of carbonyl (C=O) groups excluding carboxylic acids is 2. The number of rotatable bonds is 6. The van der Waals surface area contributed by atoms with Crippen molar-refractivity contribution < 1.29 is 9.59 Å². The third kappa shape index (κ3) is 4.56. The Balaban J connectivity index is 1.81. The fourth-order valence-corrected chi connectivity index (χ4v) is 2.59. The van der Waals surface area contributed by atoms with Crippen LogP contribution in [0.2, 0.25) is 0 Å². The first kappa shape index (κ1) is 16.5. The molecule has 1 fully saturated rings. The number of ketones is 1. The van der Waals surface area contributed by atoms with Gasteiger partial charge in [0.25, 0.3) is 0 Å². The molecule has 1 aliphatic heterocycles. The van der Waals surface area contributed by atoms with Gasteiger partial charge in [-0.05, 0) is 37.6 Å². The van der Waals surface area contributed by atoms with Crippen LogP contribution in [0.3, 0.4) is 0 Å². The molecule has 120 valence electrons. The molecule has 0 saturated carbocycles. The number of nitrogens with zero attached hydrogens (tertiary/aromatic N) is 2. The lowest BCUT2D eigenvalue weighted by Crippen LogP contribution is -2.49. The van der Waals surface area contributed by atoms with E-state index in [1.54, 1.807) is 6.92 Å². The lowest BCUT2D eigenvalue weighted by molar-refractivity contribution is -0.122. The second-order valence-corrected chi connectivity index (χ2v) is 5.72. The number of nitrogens with one attached hydrogen (secondary N) is 1. The van der Waals surface area contributed by atoms with Crippen molar-refractivity contribution in [1.29, 1.82) is 0 Å². The van der Waals surface area contributed by atoms with Crippen molar-refractivity contribution in [3.05, 3.63) is 29.8 Å². The van der Waals surface area contributed by atoms with Gasteiger partial charge in [0.1, 0.15) is 0 Å². The zero-order valence-corrected chi connectivity index (χ0v) is 13.5. The Bertz CT molecular complexity index is 505. The summed E-state index contributed by atoms with van der Waals surface area (Å²) in [6.07, 6.45) is 0.968. The Hall–Kier alpha value is -1.88.